The van der Waals surface area contributed by atoms with Gasteiger partial charge in [0.05, 0.1) is 23.3 Å². The first kappa shape index (κ1) is 29.7. The number of benzene rings is 3. The summed E-state index contributed by atoms with van der Waals surface area (Å²) in [4.78, 5) is 32.3. The van der Waals surface area contributed by atoms with E-state index in [1.165, 1.54) is 0 Å². The van der Waals surface area contributed by atoms with Crippen LogP contribution in [0.3, 0.4) is 0 Å². The third kappa shape index (κ3) is 7.88. The van der Waals surface area contributed by atoms with Gasteiger partial charge in [0, 0.05) is 43.7 Å². The quantitative estimate of drug-likeness (QED) is 0.112. The van der Waals surface area contributed by atoms with Crippen molar-refractivity contribution in [3.05, 3.63) is 102 Å². The first-order chi connectivity index (χ1) is 20.0. The summed E-state index contributed by atoms with van der Waals surface area (Å²) >= 11 is 0. The summed E-state index contributed by atoms with van der Waals surface area (Å²) in [6.07, 6.45) is 3.49. The van der Waals surface area contributed by atoms with Gasteiger partial charge in [-0.1, -0.05) is 60.7 Å². The van der Waals surface area contributed by atoms with Crippen LogP contribution in [-0.2, 0) is 22.4 Å². The van der Waals surface area contributed by atoms with Gasteiger partial charge in [0.2, 0.25) is 12.3 Å². The van der Waals surface area contributed by atoms with Crippen LogP contribution in [0.1, 0.15) is 17.5 Å². The molecule has 8 N–H and O–H groups in total. The van der Waals surface area contributed by atoms with Crippen LogP contribution in [0.2, 0.25) is 0 Å². The zero-order valence-corrected chi connectivity index (χ0v) is 23.2. The average Bonchev–Trinajstić information content (AvgIpc) is 2.98. The number of amides is 2. The van der Waals surface area contributed by atoms with E-state index in [0.29, 0.717) is 51.1 Å². The number of carbonyl (C=O) groups excluding carboxylic acids is 2. The fourth-order valence-electron chi connectivity index (χ4n) is 5.18. The molecule has 1 unspecified atom stereocenters. The number of carbonyl (C=O) groups is 2. The first-order valence-electron chi connectivity index (χ1n) is 13.9. The number of para-hydroxylation sites is 1. The molecule has 0 aliphatic carbocycles. The number of hydrogen-bond acceptors (Lipinski definition) is 7. The summed E-state index contributed by atoms with van der Waals surface area (Å²) in [6, 6.07) is 27.4. The maximum atomic E-state index is 13.9. The molecule has 214 valence electrons. The minimum atomic E-state index is -1.35. The molecule has 0 saturated heterocycles. The Balaban J connectivity index is 1.60. The predicted octanol–water partition coefficient (Wildman–Crippen LogP) is 2.79. The Kier molecular flexibility index (Phi) is 10.4. The zero-order chi connectivity index (χ0) is 29.1. The predicted molar refractivity (Wildman–Crippen MR) is 165 cm³/mol. The number of nitrogens with one attached hydrogen (secondary N) is 2. The second kappa shape index (κ2) is 14.4. The Morgan fingerprint density at radius 3 is 2.29 bits per heavy atom. The number of nitrogens with zero attached hydrogens (tertiary/aromatic N) is 2. The van der Waals surface area contributed by atoms with E-state index in [0.717, 1.165) is 27.7 Å². The molecule has 0 spiro atoms. The lowest BCUT2D eigenvalue weighted by molar-refractivity contribution is -0.123. The van der Waals surface area contributed by atoms with Crippen molar-refractivity contribution in [2.45, 2.75) is 24.9 Å². The van der Waals surface area contributed by atoms with Crippen molar-refractivity contribution in [3.63, 3.8) is 0 Å². The molecule has 0 aliphatic heterocycles. The zero-order valence-electron chi connectivity index (χ0n) is 23.2. The van der Waals surface area contributed by atoms with Crippen molar-refractivity contribution >= 4 is 34.6 Å². The van der Waals surface area contributed by atoms with Crippen molar-refractivity contribution in [2.24, 2.45) is 23.1 Å². The molecule has 1 aromatic heterocycles. The molecule has 9 nitrogen and oxygen atoms in total. The molecule has 0 radical (unpaired) electrons. The molecule has 2 atom stereocenters. The number of nitrogens with two attached hydrogens (primary N) is 3. The average molecular weight is 554 g/mol. The van der Waals surface area contributed by atoms with E-state index < -0.39 is 11.6 Å². The molecule has 3 aromatic carbocycles. The van der Waals surface area contributed by atoms with Gasteiger partial charge in [-0.2, -0.15) is 0 Å². The number of pyridine rings is 1. The van der Waals surface area contributed by atoms with Gasteiger partial charge in [0.15, 0.2) is 0 Å². The number of fused-ring (bicyclic) bond motifs is 1. The van der Waals surface area contributed by atoms with Crippen LogP contribution in [0.4, 0.5) is 11.4 Å². The number of rotatable bonds is 15. The summed E-state index contributed by atoms with van der Waals surface area (Å²) in [6.45, 7) is 2.41. The van der Waals surface area contributed by atoms with E-state index in [2.05, 4.69) is 20.5 Å². The smallest absolute Gasteiger partial charge is 0.231 e. The topological polar surface area (TPSA) is 152 Å². The molecule has 2 amide bonds. The van der Waals surface area contributed by atoms with Crippen molar-refractivity contribution in [3.8, 4) is 0 Å². The Morgan fingerprint density at radius 2 is 1.61 bits per heavy atom. The van der Waals surface area contributed by atoms with E-state index in [1.807, 2.05) is 84.9 Å². The second-order valence-corrected chi connectivity index (χ2v) is 10.2. The third-order valence-electron chi connectivity index (χ3n) is 7.28. The van der Waals surface area contributed by atoms with Crippen molar-refractivity contribution < 1.29 is 9.59 Å². The summed E-state index contributed by atoms with van der Waals surface area (Å²) in [5.74, 6) is -1.03. The lowest BCUT2D eigenvalue weighted by Crippen LogP contribution is -2.63. The van der Waals surface area contributed by atoms with Crippen LogP contribution in [0.5, 0.6) is 0 Å². The van der Waals surface area contributed by atoms with Gasteiger partial charge in [-0.05, 0) is 48.2 Å². The second-order valence-electron chi connectivity index (χ2n) is 10.2. The van der Waals surface area contributed by atoms with Crippen LogP contribution in [0, 0.1) is 5.92 Å². The minimum Gasteiger partial charge on any atom is -0.369 e. The van der Waals surface area contributed by atoms with Gasteiger partial charge in [-0.15, -0.1) is 0 Å². The molecule has 0 aliphatic rings. The Bertz CT molecular complexity index is 1410. The number of hydrogen-bond donors (Lipinski definition) is 5. The highest BCUT2D eigenvalue weighted by atomic mass is 16.2. The van der Waals surface area contributed by atoms with Gasteiger partial charge in [0.1, 0.15) is 5.66 Å². The fraction of sp³-hybridized carbons (Fsp3) is 0.281. The van der Waals surface area contributed by atoms with Crippen molar-refractivity contribution in [2.75, 3.05) is 36.4 Å². The van der Waals surface area contributed by atoms with Crippen LogP contribution in [0.15, 0.2) is 91.1 Å². The molecule has 4 rings (SSSR count). The molecule has 0 bridgehead atoms. The largest absolute Gasteiger partial charge is 0.369 e. The Labute approximate surface area is 241 Å². The number of anilines is 2. The molecule has 1 heterocycles. The monoisotopic (exact) mass is 553 g/mol. The molecular weight excluding hydrogens is 514 g/mol. The first-order valence-corrected chi connectivity index (χ1v) is 13.9. The van der Waals surface area contributed by atoms with E-state index in [1.54, 1.807) is 6.20 Å². The van der Waals surface area contributed by atoms with Gasteiger partial charge >= 0.3 is 0 Å². The lowest BCUT2D eigenvalue weighted by Gasteiger charge is -2.36. The van der Waals surface area contributed by atoms with E-state index in [-0.39, 0.29) is 12.3 Å². The van der Waals surface area contributed by atoms with Crippen LogP contribution in [-0.4, -0.2) is 49.1 Å². The molecule has 41 heavy (non-hydrogen) atoms. The highest BCUT2D eigenvalue weighted by Gasteiger charge is 2.39. The van der Waals surface area contributed by atoms with Crippen LogP contribution in [0.25, 0.3) is 10.9 Å². The SMILES string of the molecule is NCCN(CCN)c1ccc(C[C@](N)(NC=O)C(CCc2ccccc2)C(=O)Nc2cnc3ccccc3c2)cc1. The van der Waals surface area contributed by atoms with Crippen molar-refractivity contribution in [1.29, 1.82) is 0 Å². The molecule has 4 aromatic rings. The summed E-state index contributed by atoms with van der Waals surface area (Å²) < 4.78 is 0. The lowest BCUT2D eigenvalue weighted by atomic mass is 9.82. The van der Waals surface area contributed by atoms with Crippen molar-refractivity contribution in [1.82, 2.24) is 10.3 Å². The highest BCUT2D eigenvalue weighted by molar-refractivity contribution is 5.95. The van der Waals surface area contributed by atoms with Crippen LogP contribution >= 0.6 is 0 Å². The maximum absolute atomic E-state index is 13.9. The van der Waals surface area contributed by atoms with Gasteiger partial charge in [0.25, 0.3) is 0 Å². The summed E-state index contributed by atoms with van der Waals surface area (Å²) in [5.41, 5.74) is 21.5. The molecule has 9 heteroatoms. The standard InChI is InChI=1S/C32H39N7O2/c33-16-18-39(19-17-34)28-13-10-25(11-14-28)21-32(35,37-23-40)29(15-12-24-6-2-1-3-7-24)31(41)38-27-20-26-8-4-5-9-30(26)36-22-27/h1-11,13-14,20,22-23,29H,12,15-19,21,33-35H2,(H,37,40)(H,38,41)/t29?,32-/m0/s1. The van der Waals surface area contributed by atoms with Crippen LogP contribution < -0.4 is 32.7 Å². The molecule has 0 saturated carbocycles. The van der Waals surface area contributed by atoms with E-state index in [4.69, 9.17) is 17.2 Å². The minimum absolute atomic E-state index is 0.253. The van der Waals surface area contributed by atoms with Gasteiger partial charge < -0.3 is 32.7 Å². The van der Waals surface area contributed by atoms with Gasteiger partial charge in [-0.25, -0.2) is 0 Å². The van der Waals surface area contributed by atoms with E-state index >= 15 is 0 Å². The third-order valence-corrected chi connectivity index (χ3v) is 7.28. The maximum Gasteiger partial charge on any atom is 0.231 e. The Hall–Kier alpha value is -4.31. The Morgan fingerprint density at radius 1 is 0.927 bits per heavy atom. The van der Waals surface area contributed by atoms with Gasteiger partial charge in [-0.3, -0.25) is 14.6 Å². The molecule has 0 fully saturated rings. The summed E-state index contributed by atoms with van der Waals surface area (Å²) in [7, 11) is 0. The molecular formula is C32H39N7O2. The number of aryl methyl sites for hydroxylation is 1. The highest BCUT2D eigenvalue weighted by Crippen LogP contribution is 2.27. The number of aromatic nitrogens is 1. The van der Waals surface area contributed by atoms with E-state index in [9.17, 15) is 9.59 Å². The summed E-state index contributed by atoms with van der Waals surface area (Å²) in [5, 5.41) is 6.71. The normalized spacial score (nSPS) is 13.2. The fourth-order valence-corrected chi connectivity index (χ4v) is 5.18.